The number of nitrogens with zero attached hydrogens (tertiary/aromatic N) is 4. The number of alkyl halides is 3. The van der Waals surface area contributed by atoms with Gasteiger partial charge in [0.15, 0.2) is 0 Å². The van der Waals surface area contributed by atoms with Crippen molar-refractivity contribution in [2.45, 2.75) is 12.6 Å². The predicted molar refractivity (Wildman–Crippen MR) is 90.1 cm³/mol. The van der Waals surface area contributed by atoms with Crippen LogP contribution in [0.1, 0.15) is 17.0 Å². The van der Waals surface area contributed by atoms with E-state index in [9.17, 15) is 13.2 Å². The van der Waals surface area contributed by atoms with Gasteiger partial charge in [-0.25, -0.2) is 9.97 Å². The van der Waals surface area contributed by atoms with Gasteiger partial charge in [-0.3, -0.25) is 0 Å². The molecule has 0 saturated carbocycles. The van der Waals surface area contributed by atoms with Crippen LogP contribution in [0.25, 0.3) is 0 Å². The first-order valence-corrected chi connectivity index (χ1v) is 8.06. The van der Waals surface area contributed by atoms with Gasteiger partial charge < -0.3 is 20.7 Å². The van der Waals surface area contributed by atoms with Crippen LogP contribution in [0.3, 0.4) is 0 Å². The van der Waals surface area contributed by atoms with E-state index in [0.29, 0.717) is 23.1 Å². The Kier molecular flexibility index (Phi) is 5.12. The van der Waals surface area contributed by atoms with Gasteiger partial charge in [0.1, 0.15) is 11.5 Å². The van der Waals surface area contributed by atoms with Gasteiger partial charge in [-0.1, -0.05) is 0 Å². The van der Waals surface area contributed by atoms with Crippen LogP contribution >= 0.6 is 0 Å². The summed E-state index contributed by atoms with van der Waals surface area (Å²) in [6.45, 7) is 3.11. The van der Waals surface area contributed by atoms with Crippen molar-refractivity contribution in [3.63, 3.8) is 0 Å². The molecule has 0 aliphatic carbocycles. The normalized spacial score (nSPS) is 15.2. The largest absolute Gasteiger partial charge is 0.481 e. The number of hydrogen-bond donors (Lipinski definition) is 2. The summed E-state index contributed by atoms with van der Waals surface area (Å²) in [7, 11) is 1.49. The zero-order chi connectivity index (χ0) is 18.7. The zero-order valence-electron chi connectivity index (χ0n) is 14.2. The van der Waals surface area contributed by atoms with E-state index in [1.807, 2.05) is 4.90 Å². The number of pyridine rings is 1. The Hall–Kier alpha value is -2.62. The van der Waals surface area contributed by atoms with Crippen molar-refractivity contribution in [2.24, 2.45) is 0 Å². The van der Waals surface area contributed by atoms with E-state index in [1.54, 1.807) is 6.07 Å². The minimum Gasteiger partial charge on any atom is -0.481 e. The number of nitrogen functional groups attached to an aromatic ring is 1. The Balaban J connectivity index is 1.90. The summed E-state index contributed by atoms with van der Waals surface area (Å²) in [6.07, 6.45) is -4.40. The molecule has 3 heterocycles. The average Bonchev–Trinajstić information content (AvgIpc) is 2.61. The van der Waals surface area contributed by atoms with Gasteiger partial charge in [0.05, 0.1) is 12.8 Å². The number of aromatic nitrogens is 3. The van der Waals surface area contributed by atoms with E-state index < -0.39 is 11.9 Å². The zero-order valence-corrected chi connectivity index (χ0v) is 14.2. The van der Waals surface area contributed by atoms with Crippen molar-refractivity contribution in [1.82, 2.24) is 20.3 Å². The van der Waals surface area contributed by atoms with Crippen LogP contribution in [-0.2, 0) is 12.6 Å². The Morgan fingerprint density at radius 3 is 2.54 bits per heavy atom. The average molecular weight is 368 g/mol. The summed E-state index contributed by atoms with van der Waals surface area (Å²) >= 11 is 0. The fourth-order valence-electron chi connectivity index (χ4n) is 2.73. The molecule has 7 nitrogen and oxygen atoms in total. The van der Waals surface area contributed by atoms with Crippen LogP contribution in [0.5, 0.6) is 5.88 Å². The molecule has 1 aliphatic heterocycles. The first kappa shape index (κ1) is 18.2. The van der Waals surface area contributed by atoms with Gasteiger partial charge >= 0.3 is 6.18 Å². The number of methoxy groups -OCH3 is 1. The lowest BCUT2D eigenvalue weighted by Crippen LogP contribution is -2.44. The second-order valence-corrected chi connectivity index (χ2v) is 5.90. The molecular weight excluding hydrogens is 349 g/mol. The summed E-state index contributed by atoms with van der Waals surface area (Å²) in [6, 6.07) is 4.00. The van der Waals surface area contributed by atoms with Crippen molar-refractivity contribution >= 4 is 11.8 Å². The molecule has 0 radical (unpaired) electrons. The molecule has 26 heavy (non-hydrogen) atoms. The highest BCUT2D eigenvalue weighted by Gasteiger charge is 2.33. The van der Waals surface area contributed by atoms with E-state index in [4.69, 9.17) is 10.5 Å². The summed E-state index contributed by atoms with van der Waals surface area (Å²) in [4.78, 5) is 14.2. The Morgan fingerprint density at radius 2 is 1.88 bits per heavy atom. The molecule has 3 N–H and O–H groups in total. The van der Waals surface area contributed by atoms with Gasteiger partial charge in [-0.15, -0.1) is 0 Å². The lowest BCUT2D eigenvalue weighted by atomic mass is 10.1. The second-order valence-electron chi connectivity index (χ2n) is 5.90. The highest BCUT2D eigenvalue weighted by molar-refractivity contribution is 5.40. The third kappa shape index (κ3) is 4.31. The Labute approximate surface area is 148 Å². The van der Waals surface area contributed by atoms with Crippen molar-refractivity contribution in [3.05, 3.63) is 35.2 Å². The molecule has 3 rings (SSSR count). The summed E-state index contributed by atoms with van der Waals surface area (Å²) in [5.74, 6) is 0.679. The predicted octanol–water partition coefficient (Wildman–Crippen LogP) is 1.48. The molecule has 0 atom stereocenters. The molecular formula is C16H19F3N6O. The number of rotatable bonds is 4. The maximum Gasteiger partial charge on any atom is 0.433 e. The fourth-order valence-corrected chi connectivity index (χ4v) is 2.73. The molecule has 1 aliphatic rings. The minimum atomic E-state index is -4.56. The number of ether oxygens (including phenoxy) is 1. The highest BCUT2D eigenvalue weighted by Crippen LogP contribution is 2.29. The van der Waals surface area contributed by atoms with Crippen LogP contribution in [0.2, 0.25) is 0 Å². The molecule has 0 aromatic carbocycles. The van der Waals surface area contributed by atoms with Gasteiger partial charge in [0.25, 0.3) is 0 Å². The monoisotopic (exact) mass is 368 g/mol. The first-order valence-electron chi connectivity index (χ1n) is 8.06. The molecule has 0 bridgehead atoms. The fraction of sp³-hybridized carbons (Fsp3) is 0.438. The topological polar surface area (TPSA) is 89.2 Å². The van der Waals surface area contributed by atoms with E-state index in [0.717, 1.165) is 32.2 Å². The molecule has 2 aromatic rings. The number of halogens is 3. The molecule has 2 aromatic heterocycles. The Morgan fingerprint density at radius 1 is 1.15 bits per heavy atom. The number of nitrogens with one attached hydrogen (secondary N) is 1. The number of anilines is 2. The second kappa shape index (κ2) is 7.32. The number of nitrogens with two attached hydrogens (primary N) is 1. The molecule has 1 saturated heterocycles. The lowest BCUT2D eigenvalue weighted by molar-refractivity contribution is -0.141. The molecule has 0 amide bonds. The van der Waals surface area contributed by atoms with Crippen molar-refractivity contribution in [1.29, 1.82) is 0 Å². The van der Waals surface area contributed by atoms with Crippen molar-refractivity contribution in [3.8, 4) is 5.88 Å². The molecule has 0 spiro atoms. The van der Waals surface area contributed by atoms with Gasteiger partial charge in [0, 0.05) is 38.7 Å². The van der Waals surface area contributed by atoms with Gasteiger partial charge in [-0.05, 0) is 17.7 Å². The van der Waals surface area contributed by atoms with Crippen LogP contribution in [0, 0.1) is 0 Å². The van der Waals surface area contributed by atoms with Gasteiger partial charge in [-0.2, -0.15) is 18.2 Å². The summed E-state index contributed by atoms with van der Waals surface area (Å²) in [5, 5.41) is 3.24. The van der Waals surface area contributed by atoms with E-state index >= 15 is 0 Å². The lowest BCUT2D eigenvalue weighted by Gasteiger charge is -2.27. The van der Waals surface area contributed by atoms with E-state index in [2.05, 4.69) is 20.3 Å². The van der Waals surface area contributed by atoms with Crippen molar-refractivity contribution in [2.75, 3.05) is 43.9 Å². The smallest absolute Gasteiger partial charge is 0.433 e. The number of hydrogen-bond acceptors (Lipinski definition) is 7. The third-order valence-corrected chi connectivity index (χ3v) is 3.93. The standard InChI is InChI=1S/C16H19F3N6O/c1-26-14-9-11(22-15(24-14)25-4-2-21-3-5-25)6-10-7-12(16(17,18)19)23-13(20)8-10/h7-9,21H,2-6H2,1H3,(H2,20,23). The first-order chi connectivity index (χ1) is 12.3. The summed E-state index contributed by atoms with van der Waals surface area (Å²) in [5.41, 5.74) is 5.43. The highest BCUT2D eigenvalue weighted by atomic mass is 19.4. The van der Waals surface area contributed by atoms with Crippen molar-refractivity contribution < 1.29 is 17.9 Å². The van der Waals surface area contributed by atoms with E-state index in [-0.39, 0.29) is 12.2 Å². The van der Waals surface area contributed by atoms with Gasteiger partial charge in [0.2, 0.25) is 11.8 Å². The van der Waals surface area contributed by atoms with Crippen LogP contribution in [-0.4, -0.2) is 48.2 Å². The van der Waals surface area contributed by atoms with Crippen LogP contribution < -0.4 is 20.7 Å². The maximum absolute atomic E-state index is 12.9. The minimum absolute atomic E-state index is 0.160. The molecule has 10 heteroatoms. The quantitative estimate of drug-likeness (QED) is 0.845. The third-order valence-electron chi connectivity index (χ3n) is 3.93. The van der Waals surface area contributed by atoms with Crippen LogP contribution in [0.15, 0.2) is 18.2 Å². The molecule has 0 unspecified atom stereocenters. The SMILES string of the molecule is COc1cc(Cc2cc(N)nc(C(F)(F)F)c2)nc(N2CCNCC2)n1. The van der Waals surface area contributed by atoms with E-state index in [1.165, 1.54) is 13.2 Å². The summed E-state index contributed by atoms with van der Waals surface area (Å²) < 4.78 is 44.0. The molecule has 140 valence electrons. The Bertz CT molecular complexity index is 777. The van der Waals surface area contributed by atoms with Crippen LogP contribution in [0.4, 0.5) is 24.9 Å². The maximum atomic E-state index is 12.9. The molecule has 1 fully saturated rings. The number of piperazine rings is 1.